The Labute approximate surface area is 124 Å². The SMILES string of the molecule is CC(Oc1c(F)cc(F)cc1S(=O)(=O)Cl)C(=O)NC1CC1. The molecule has 0 radical (unpaired) electrons. The Morgan fingerprint density at radius 1 is 1.43 bits per heavy atom. The predicted molar refractivity (Wildman–Crippen MR) is 70.7 cm³/mol. The van der Waals surface area contributed by atoms with Gasteiger partial charge in [0.25, 0.3) is 15.0 Å². The lowest BCUT2D eigenvalue weighted by Crippen LogP contribution is -2.37. The van der Waals surface area contributed by atoms with Gasteiger partial charge in [0.1, 0.15) is 10.7 Å². The quantitative estimate of drug-likeness (QED) is 0.832. The van der Waals surface area contributed by atoms with Gasteiger partial charge in [-0.2, -0.15) is 0 Å². The first-order valence-electron chi connectivity index (χ1n) is 6.09. The van der Waals surface area contributed by atoms with Crippen LogP contribution in [0.15, 0.2) is 17.0 Å². The van der Waals surface area contributed by atoms with Crippen molar-refractivity contribution in [3.8, 4) is 5.75 Å². The third-order valence-corrected chi connectivity index (χ3v) is 4.15. The molecular formula is C12H12ClF2NO4S. The normalized spacial score (nSPS) is 16.4. The fraction of sp³-hybridized carbons (Fsp3) is 0.417. The van der Waals surface area contributed by atoms with Gasteiger partial charge in [-0.1, -0.05) is 0 Å². The van der Waals surface area contributed by atoms with Gasteiger partial charge < -0.3 is 10.1 Å². The first kappa shape index (κ1) is 16.0. The second-order valence-corrected chi connectivity index (χ2v) is 7.23. The summed E-state index contributed by atoms with van der Waals surface area (Å²) >= 11 is 0. The molecule has 1 atom stereocenters. The number of hydrogen-bond donors (Lipinski definition) is 1. The van der Waals surface area contributed by atoms with Gasteiger partial charge in [0, 0.05) is 22.8 Å². The number of ether oxygens (including phenoxy) is 1. The highest BCUT2D eigenvalue weighted by Crippen LogP contribution is 2.31. The Hall–Kier alpha value is -1.41. The first-order chi connectivity index (χ1) is 9.68. The van der Waals surface area contributed by atoms with Crippen molar-refractivity contribution in [2.45, 2.75) is 36.8 Å². The standard InChI is InChI=1S/C12H12ClF2NO4S/c1-6(12(17)16-8-2-3-8)20-11-9(15)4-7(14)5-10(11)21(13,18)19/h4-6,8H,2-3H2,1H3,(H,16,17). The largest absolute Gasteiger partial charge is 0.476 e. The van der Waals surface area contributed by atoms with Crippen LogP contribution in [0.2, 0.25) is 0 Å². The maximum Gasteiger partial charge on any atom is 0.265 e. The number of amides is 1. The minimum Gasteiger partial charge on any atom is -0.476 e. The number of rotatable bonds is 5. The molecule has 1 aromatic rings. The van der Waals surface area contributed by atoms with E-state index in [1.807, 2.05) is 0 Å². The van der Waals surface area contributed by atoms with Crippen molar-refractivity contribution >= 4 is 25.6 Å². The molecule has 1 amide bonds. The molecule has 1 fully saturated rings. The highest BCUT2D eigenvalue weighted by Gasteiger charge is 2.29. The van der Waals surface area contributed by atoms with E-state index in [2.05, 4.69) is 5.32 Å². The summed E-state index contributed by atoms with van der Waals surface area (Å²) in [6.45, 7) is 1.32. The second-order valence-electron chi connectivity index (χ2n) is 4.70. The van der Waals surface area contributed by atoms with Crippen LogP contribution >= 0.6 is 10.7 Å². The molecule has 1 saturated carbocycles. The number of benzene rings is 1. The van der Waals surface area contributed by atoms with Crippen molar-refractivity contribution in [1.29, 1.82) is 0 Å². The molecule has 1 aromatic carbocycles. The van der Waals surface area contributed by atoms with Gasteiger partial charge in [-0.25, -0.2) is 17.2 Å². The van der Waals surface area contributed by atoms with E-state index in [1.165, 1.54) is 6.92 Å². The van der Waals surface area contributed by atoms with Gasteiger partial charge in [-0.15, -0.1) is 0 Å². The summed E-state index contributed by atoms with van der Waals surface area (Å²) in [6, 6.07) is 1.05. The summed E-state index contributed by atoms with van der Waals surface area (Å²) in [6.07, 6.45) is 0.553. The molecule has 0 bridgehead atoms. The average Bonchev–Trinajstić information content (AvgIpc) is 3.14. The van der Waals surface area contributed by atoms with Gasteiger partial charge in [0.05, 0.1) is 0 Å². The molecule has 2 rings (SSSR count). The zero-order valence-corrected chi connectivity index (χ0v) is 12.5. The van der Waals surface area contributed by atoms with Crippen molar-refractivity contribution in [3.63, 3.8) is 0 Å². The van der Waals surface area contributed by atoms with Crippen LogP contribution in [0.1, 0.15) is 19.8 Å². The fourth-order valence-electron chi connectivity index (χ4n) is 1.61. The number of carbonyl (C=O) groups excluding carboxylic acids is 1. The van der Waals surface area contributed by atoms with Gasteiger partial charge in [0.15, 0.2) is 17.7 Å². The van der Waals surface area contributed by atoms with Gasteiger partial charge >= 0.3 is 0 Å². The van der Waals surface area contributed by atoms with E-state index in [0.717, 1.165) is 12.8 Å². The minimum absolute atomic E-state index is 0.0674. The van der Waals surface area contributed by atoms with E-state index >= 15 is 0 Å². The Morgan fingerprint density at radius 2 is 2.05 bits per heavy atom. The molecule has 1 N–H and O–H groups in total. The molecule has 5 nitrogen and oxygen atoms in total. The van der Waals surface area contributed by atoms with Crippen LogP contribution in [-0.2, 0) is 13.8 Å². The second kappa shape index (κ2) is 5.76. The maximum absolute atomic E-state index is 13.7. The smallest absolute Gasteiger partial charge is 0.265 e. The first-order valence-corrected chi connectivity index (χ1v) is 8.40. The van der Waals surface area contributed by atoms with Crippen LogP contribution in [0.5, 0.6) is 5.75 Å². The van der Waals surface area contributed by atoms with Crippen LogP contribution in [0.25, 0.3) is 0 Å². The molecule has 1 aliphatic rings. The lowest BCUT2D eigenvalue weighted by atomic mass is 10.3. The van der Waals surface area contributed by atoms with E-state index in [9.17, 15) is 22.0 Å². The molecule has 21 heavy (non-hydrogen) atoms. The van der Waals surface area contributed by atoms with Crippen LogP contribution in [-0.4, -0.2) is 26.5 Å². The molecule has 0 spiro atoms. The summed E-state index contributed by atoms with van der Waals surface area (Å²) in [5.41, 5.74) is 0. The van der Waals surface area contributed by atoms with Crippen molar-refractivity contribution in [1.82, 2.24) is 5.32 Å². The highest BCUT2D eigenvalue weighted by molar-refractivity contribution is 8.13. The number of halogens is 3. The van der Waals surface area contributed by atoms with Crippen molar-refractivity contribution < 1.29 is 26.7 Å². The van der Waals surface area contributed by atoms with Crippen LogP contribution in [0, 0.1) is 11.6 Å². The van der Waals surface area contributed by atoms with E-state index in [4.69, 9.17) is 15.4 Å². The average molecular weight is 340 g/mol. The predicted octanol–water partition coefficient (Wildman–Crippen LogP) is 1.94. The fourth-order valence-corrected chi connectivity index (χ4v) is 2.57. The van der Waals surface area contributed by atoms with E-state index < -0.39 is 43.3 Å². The van der Waals surface area contributed by atoms with Gasteiger partial charge in [-0.3, -0.25) is 4.79 Å². The monoisotopic (exact) mass is 339 g/mol. The molecular weight excluding hydrogens is 328 g/mol. The molecule has 0 aromatic heterocycles. The van der Waals surface area contributed by atoms with Crippen molar-refractivity contribution in [3.05, 3.63) is 23.8 Å². The third kappa shape index (κ3) is 4.04. The maximum atomic E-state index is 13.7. The summed E-state index contributed by atoms with van der Waals surface area (Å²) in [5, 5.41) is 2.62. The number of nitrogens with one attached hydrogen (secondary N) is 1. The summed E-state index contributed by atoms with van der Waals surface area (Å²) in [4.78, 5) is 10.9. The molecule has 1 aliphatic carbocycles. The van der Waals surface area contributed by atoms with E-state index in [0.29, 0.717) is 12.1 Å². The summed E-state index contributed by atoms with van der Waals surface area (Å²) in [7, 11) is 0.698. The number of carbonyl (C=O) groups is 1. The molecule has 116 valence electrons. The highest BCUT2D eigenvalue weighted by atomic mass is 35.7. The molecule has 1 unspecified atom stereocenters. The zero-order chi connectivity index (χ0) is 15.8. The third-order valence-electron chi connectivity index (χ3n) is 2.82. The van der Waals surface area contributed by atoms with E-state index in [-0.39, 0.29) is 6.04 Å². The Kier molecular flexibility index (Phi) is 4.38. The Bertz CT molecular complexity index is 676. The van der Waals surface area contributed by atoms with E-state index in [1.54, 1.807) is 0 Å². The van der Waals surface area contributed by atoms with Crippen LogP contribution in [0.3, 0.4) is 0 Å². The molecule has 0 aliphatic heterocycles. The Balaban J connectivity index is 2.27. The summed E-state index contributed by atoms with van der Waals surface area (Å²) < 4.78 is 54.6. The van der Waals surface area contributed by atoms with Gasteiger partial charge in [0.2, 0.25) is 0 Å². The minimum atomic E-state index is -4.42. The van der Waals surface area contributed by atoms with Crippen LogP contribution in [0.4, 0.5) is 8.78 Å². The molecule has 0 saturated heterocycles. The van der Waals surface area contributed by atoms with Crippen LogP contribution < -0.4 is 10.1 Å². The lowest BCUT2D eigenvalue weighted by molar-refractivity contribution is -0.127. The molecule has 9 heteroatoms. The zero-order valence-electron chi connectivity index (χ0n) is 10.9. The number of hydrogen-bond acceptors (Lipinski definition) is 4. The Morgan fingerprint density at radius 3 is 2.57 bits per heavy atom. The van der Waals surface area contributed by atoms with Crippen molar-refractivity contribution in [2.24, 2.45) is 0 Å². The summed E-state index contributed by atoms with van der Waals surface area (Å²) in [5.74, 6) is -3.65. The van der Waals surface area contributed by atoms with Crippen molar-refractivity contribution in [2.75, 3.05) is 0 Å². The topological polar surface area (TPSA) is 72.5 Å². The lowest BCUT2D eigenvalue weighted by Gasteiger charge is -2.16. The molecule has 0 heterocycles. The van der Waals surface area contributed by atoms with Gasteiger partial charge in [-0.05, 0) is 25.8 Å².